The highest BCUT2D eigenvalue weighted by atomic mass is 32.2. The molecule has 2 saturated heterocycles. The van der Waals surface area contributed by atoms with Crippen LogP contribution in [-0.2, 0) is 4.79 Å². The molecule has 1 aromatic heterocycles. The molecule has 0 radical (unpaired) electrons. The van der Waals surface area contributed by atoms with Crippen molar-refractivity contribution in [3.63, 3.8) is 0 Å². The Labute approximate surface area is 131 Å². The fourth-order valence-electron chi connectivity index (χ4n) is 2.69. The van der Waals surface area contributed by atoms with E-state index < -0.39 is 0 Å². The van der Waals surface area contributed by atoms with Gasteiger partial charge in [0.25, 0.3) is 11.5 Å². The van der Waals surface area contributed by atoms with E-state index in [1.807, 2.05) is 11.8 Å². The van der Waals surface area contributed by atoms with Crippen molar-refractivity contribution in [2.24, 2.45) is 5.92 Å². The number of aromatic nitrogens is 2. The van der Waals surface area contributed by atoms with Crippen LogP contribution in [0.3, 0.4) is 0 Å². The van der Waals surface area contributed by atoms with E-state index in [9.17, 15) is 14.4 Å². The van der Waals surface area contributed by atoms with Crippen LogP contribution < -0.4 is 10.9 Å². The van der Waals surface area contributed by atoms with Gasteiger partial charge in [-0.15, -0.1) is 0 Å². The molecule has 0 spiro atoms. The van der Waals surface area contributed by atoms with Gasteiger partial charge in [-0.1, -0.05) is 0 Å². The van der Waals surface area contributed by atoms with Crippen LogP contribution in [0.15, 0.2) is 10.9 Å². The lowest BCUT2D eigenvalue weighted by Crippen LogP contribution is -2.62. The zero-order valence-electron chi connectivity index (χ0n) is 12.3. The molecule has 2 aliphatic heterocycles. The van der Waals surface area contributed by atoms with E-state index in [2.05, 4.69) is 15.3 Å². The van der Waals surface area contributed by atoms with Crippen LogP contribution in [0.5, 0.6) is 0 Å². The second-order valence-electron chi connectivity index (χ2n) is 5.69. The Hall–Kier alpha value is -1.83. The van der Waals surface area contributed by atoms with Crippen molar-refractivity contribution in [1.29, 1.82) is 0 Å². The smallest absolute Gasteiger partial charge is 0.270 e. The first-order valence-electron chi connectivity index (χ1n) is 7.28. The quantitative estimate of drug-likeness (QED) is 0.802. The Morgan fingerprint density at radius 2 is 2.23 bits per heavy atom. The number of thioether (sulfide) groups is 1. The molecule has 0 aromatic carbocycles. The molecule has 2 fully saturated rings. The second kappa shape index (κ2) is 6.12. The van der Waals surface area contributed by atoms with Crippen LogP contribution in [0.1, 0.15) is 22.7 Å². The molecule has 2 aliphatic rings. The van der Waals surface area contributed by atoms with Gasteiger partial charge in [0.1, 0.15) is 11.5 Å². The van der Waals surface area contributed by atoms with Gasteiger partial charge in [-0.25, -0.2) is 4.98 Å². The number of carbonyl (C=O) groups excluding carboxylic acids is 2. The van der Waals surface area contributed by atoms with Crippen LogP contribution in [0, 0.1) is 12.8 Å². The lowest BCUT2D eigenvalue weighted by molar-refractivity contribution is -0.139. The zero-order valence-corrected chi connectivity index (χ0v) is 13.1. The van der Waals surface area contributed by atoms with Gasteiger partial charge in [0.05, 0.1) is 6.04 Å². The summed E-state index contributed by atoms with van der Waals surface area (Å²) in [4.78, 5) is 43.9. The first-order chi connectivity index (χ1) is 10.5. The van der Waals surface area contributed by atoms with Crippen molar-refractivity contribution in [2.45, 2.75) is 19.4 Å². The molecular formula is C14H18N4O3S. The van der Waals surface area contributed by atoms with Gasteiger partial charge in [0.2, 0.25) is 5.91 Å². The number of nitrogens with one attached hydrogen (secondary N) is 2. The number of H-pyrrole nitrogens is 1. The average Bonchev–Trinajstić information content (AvgIpc) is 2.94. The summed E-state index contributed by atoms with van der Waals surface area (Å²) < 4.78 is 0. The lowest BCUT2D eigenvalue weighted by Gasteiger charge is -2.40. The van der Waals surface area contributed by atoms with Gasteiger partial charge < -0.3 is 15.2 Å². The third-order valence-corrected chi connectivity index (χ3v) is 5.06. The van der Waals surface area contributed by atoms with E-state index in [4.69, 9.17) is 0 Å². The zero-order chi connectivity index (χ0) is 15.7. The van der Waals surface area contributed by atoms with E-state index in [-0.39, 0.29) is 35.0 Å². The molecule has 1 aromatic rings. The Kier molecular flexibility index (Phi) is 4.19. The van der Waals surface area contributed by atoms with Crippen molar-refractivity contribution in [1.82, 2.24) is 20.2 Å². The lowest BCUT2D eigenvalue weighted by atomic mass is 10.0. The molecule has 7 nitrogen and oxygen atoms in total. The molecule has 2 N–H and O–H groups in total. The average molecular weight is 322 g/mol. The minimum atomic E-state index is -0.372. The van der Waals surface area contributed by atoms with Gasteiger partial charge in [-0.3, -0.25) is 14.4 Å². The first kappa shape index (κ1) is 15.1. The Bertz CT molecular complexity index is 648. The van der Waals surface area contributed by atoms with Gasteiger partial charge in [-0.05, 0) is 19.1 Å². The highest BCUT2D eigenvalue weighted by Crippen LogP contribution is 2.26. The summed E-state index contributed by atoms with van der Waals surface area (Å²) in [6.07, 6.45) is 0.951. The summed E-state index contributed by atoms with van der Waals surface area (Å²) in [7, 11) is 0. The van der Waals surface area contributed by atoms with Crippen molar-refractivity contribution in [3.8, 4) is 0 Å². The van der Waals surface area contributed by atoms with Crippen molar-refractivity contribution >= 4 is 23.6 Å². The molecule has 8 heteroatoms. The van der Waals surface area contributed by atoms with Gasteiger partial charge in [-0.2, -0.15) is 11.8 Å². The van der Waals surface area contributed by atoms with Gasteiger partial charge in [0.15, 0.2) is 0 Å². The number of amides is 2. The molecule has 3 heterocycles. The number of aromatic amines is 1. The van der Waals surface area contributed by atoms with Gasteiger partial charge >= 0.3 is 0 Å². The summed E-state index contributed by atoms with van der Waals surface area (Å²) in [5.41, 5.74) is -0.236. The third kappa shape index (κ3) is 3.16. The van der Waals surface area contributed by atoms with Crippen molar-refractivity contribution < 1.29 is 9.59 Å². The van der Waals surface area contributed by atoms with Crippen LogP contribution in [0.25, 0.3) is 0 Å². The summed E-state index contributed by atoms with van der Waals surface area (Å²) in [5.74, 6) is 2.32. The van der Waals surface area contributed by atoms with Crippen molar-refractivity contribution in [3.05, 3.63) is 27.9 Å². The predicted octanol–water partition coefficient (Wildman–Crippen LogP) is -0.228. The molecule has 0 bridgehead atoms. The third-order valence-electron chi connectivity index (χ3n) is 3.90. The predicted molar refractivity (Wildman–Crippen MR) is 82.9 cm³/mol. The molecule has 118 valence electrons. The minimum absolute atomic E-state index is 0.0631. The molecular weight excluding hydrogens is 304 g/mol. The first-order valence-corrected chi connectivity index (χ1v) is 8.44. The number of aryl methyl sites for hydroxylation is 1. The van der Waals surface area contributed by atoms with Crippen LogP contribution >= 0.6 is 11.8 Å². The van der Waals surface area contributed by atoms with E-state index in [0.29, 0.717) is 18.9 Å². The molecule has 1 unspecified atom stereocenters. The SMILES string of the molecule is Cc1nc(C(=O)NC2CN(C(=O)C3CCSC3)C2)cc(=O)[nH]1. The second-order valence-corrected chi connectivity index (χ2v) is 6.84. The summed E-state index contributed by atoms with van der Waals surface area (Å²) in [5, 5.41) is 2.81. The highest BCUT2D eigenvalue weighted by Gasteiger charge is 2.36. The topological polar surface area (TPSA) is 95.2 Å². The largest absolute Gasteiger partial charge is 0.344 e. The van der Waals surface area contributed by atoms with Crippen molar-refractivity contribution in [2.75, 3.05) is 24.6 Å². The number of rotatable bonds is 3. The molecule has 22 heavy (non-hydrogen) atoms. The Morgan fingerprint density at radius 3 is 2.86 bits per heavy atom. The Morgan fingerprint density at radius 1 is 1.45 bits per heavy atom. The molecule has 2 amide bonds. The van der Waals surface area contributed by atoms with Crippen LogP contribution in [-0.4, -0.2) is 57.3 Å². The number of hydrogen-bond donors (Lipinski definition) is 2. The van der Waals surface area contributed by atoms with Crippen LogP contribution in [0.4, 0.5) is 0 Å². The fourth-order valence-corrected chi connectivity index (χ4v) is 3.90. The summed E-state index contributed by atoms with van der Waals surface area (Å²) in [6.45, 7) is 2.70. The molecule has 1 atom stereocenters. The standard InChI is InChI=1S/C14H18N4O3S/c1-8-15-11(4-12(19)16-8)13(20)17-10-5-18(6-10)14(21)9-2-3-22-7-9/h4,9-10H,2-3,5-7H2,1H3,(H,17,20)(H,15,16,19). The maximum Gasteiger partial charge on any atom is 0.270 e. The summed E-state index contributed by atoms with van der Waals surface area (Å²) in [6, 6.07) is 1.12. The number of carbonyl (C=O) groups is 2. The Balaban J connectivity index is 1.52. The van der Waals surface area contributed by atoms with Crippen LogP contribution in [0.2, 0.25) is 0 Å². The normalized spacial score (nSPS) is 21.5. The summed E-state index contributed by atoms with van der Waals surface area (Å²) >= 11 is 1.82. The maximum atomic E-state index is 12.2. The van der Waals surface area contributed by atoms with E-state index in [1.165, 1.54) is 6.07 Å². The van der Waals surface area contributed by atoms with Gasteiger partial charge in [0, 0.05) is 30.8 Å². The monoisotopic (exact) mass is 322 g/mol. The van der Waals surface area contributed by atoms with E-state index in [0.717, 1.165) is 17.9 Å². The number of hydrogen-bond acceptors (Lipinski definition) is 5. The number of nitrogens with zero attached hydrogens (tertiary/aromatic N) is 2. The minimum Gasteiger partial charge on any atom is -0.344 e. The molecule has 3 rings (SSSR count). The molecule has 0 saturated carbocycles. The number of likely N-dealkylation sites (tertiary alicyclic amines) is 1. The van der Waals surface area contributed by atoms with E-state index in [1.54, 1.807) is 11.8 Å². The highest BCUT2D eigenvalue weighted by molar-refractivity contribution is 7.99. The van der Waals surface area contributed by atoms with E-state index >= 15 is 0 Å². The maximum absolute atomic E-state index is 12.2. The fraction of sp³-hybridized carbons (Fsp3) is 0.571. The molecule has 0 aliphatic carbocycles.